The van der Waals surface area contributed by atoms with Gasteiger partial charge >= 0.3 is 0 Å². The molecule has 5 heteroatoms. The number of rotatable bonds is 3. The molecule has 0 fully saturated rings. The summed E-state index contributed by atoms with van der Waals surface area (Å²) in [6, 6.07) is 8.46. The van der Waals surface area contributed by atoms with Crippen molar-refractivity contribution in [2.45, 2.75) is 13.8 Å². The summed E-state index contributed by atoms with van der Waals surface area (Å²) in [5, 5.41) is 3.19. The predicted octanol–water partition coefficient (Wildman–Crippen LogP) is 2.80. The van der Waals surface area contributed by atoms with Crippen molar-refractivity contribution >= 4 is 23.1 Å². The van der Waals surface area contributed by atoms with Crippen molar-refractivity contribution < 1.29 is 0 Å². The number of fused-ring (bicyclic) bond motifs is 1. The third-order valence-corrected chi connectivity index (χ3v) is 3.78. The first-order chi connectivity index (χ1) is 10.2. The van der Waals surface area contributed by atoms with E-state index in [2.05, 4.69) is 58.3 Å². The van der Waals surface area contributed by atoms with Crippen molar-refractivity contribution in [2.75, 3.05) is 41.8 Å². The van der Waals surface area contributed by atoms with Crippen molar-refractivity contribution in [2.24, 2.45) is 0 Å². The van der Waals surface area contributed by atoms with E-state index in [-0.39, 0.29) is 0 Å². The summed E-state index contributed by atoms with van der Waals surface area (Å²) in [5.41, 5.74) is 3.54. The van der Waals surface area contributed by atoms with Gasteiger partial charge in [-0.15, -0.1) is 0 Å². The number of aromatic nitrogens is 2. The quantitative estimate of drug-likeness (QED) is 0.938. The van der Waals surface area contributed by atoms with Crippen LogP contribution in [0.15, 0.2) is 30.5 Å². The van der Waals surface area contributed by atoms with E-state index in [1.165, 1.54) is 11.4 Å². The molecule has 1 aromatic heterocycles. The van der Waals surface area contributed by atoms with E-state index < -0.39 is 0 Å². The first-order valence-corrected chi connectivity index (χ1v) is 7.36. The van der Waals surface area contributed by atoms with Crippen molar-refractivity contribution in [3.8, 4) is 0 Å². The largest absolute Gasteiger partial charge is 0.371 e. The third-order valence-electron chi connectivity index (χ3n) is 3.78. The fourth-order valence-corrected chi connectivity index (χ4v) is 2.68. The minimum Gasteiger partial charge on any atom is -0.371 e. The summed E-state index contributed by atoms with van der Waals surface area (Å²) in [4.78, 5) is 13.6. The summed E-state index contributed by atoms with van der Waals surface area (Å²) >= 11 is 0. The van der Waals surface area contributed by atoms with Gasteiger partial charge in [-0.05, 0) is 26.0 Å². The zero-order valence-corrected chi connectivity index (χ0v) is 12.8. The normalized spacial score (nSPS) is 14.0. The maximum atomic E-state index is 4.69. The highest BCUT2D eigenvalue weighted by Gasteiger charge is 2.23. The van der Waals surface area contributed by atoms with Crippen molar-refractivity contribution in [3.05, 3.63) is 36.0 Å². The molecule has 21 heavy (non-hydrogen) atoms. The monoisotopic (exact) mass is 283 g/mol. The van der Waals surface area contributed by atoms with E-state index in [9.17, 15) is 0 Å². The summed E-state index contributed by atoms with van der Waals surface area (Å²) in [6.07, 6.45) is 1.89. The predicted molar refractivity (Wildman–Crippen MR) is 87.7 cm³/mol. The number of aryl methyl sites for hydroxylation is 1. The van der Waals surface area contributed by atoms with Gasteiger partial charge in [0.05, 0.1) is 11.4 Å². The molecule has 2 heterocycles. The van der Waals surface area contributed by atoms with Gasteiger partial charge in [0.15, 0.2) is 0 Å². The number of likely N-dealkylation sites (N-methyl/N-ethyl adjacent to an activating group) is 1. The molecule has 1 aliphatic rings. The molecule has 0 atom stereocenters. The smallest absolute Gasteiger partial charge is 0.224 e. The molecule has 0 radical (unpaired) electrons. The van der Waals surface area contributed by atoms with Gasteiger partial charge in [-0.3, -0.25) is 0 Å². The van der Waals surface area contributed by atoms with E-state index in [0.29, 0.717) is 5.95 Å². The van der Waals surface area contributed by atoms with Gasteiger partial charge in [0, 0.05) is 38.4 Å². The van der Waals surface area contributed by atoms with Crippen LogP contribution in [0, 0.1) is 6.92 Å². The molecular weight excluding hydrogens is 262 g/mol. The van der Waals surface area contributed by atoms with Crippen LogP contribution in [0.4, 0.5) is 23.1 Å². The SMILES string of the molecule is CCNc1ncc(C)c(N2CCN(C)c3ccccc32)n1. The van der Waals surface area contributed by atoms with Gasteiger partial charge in [0.25, 0.3) is 0 Å². The average molecular weight is 283 g/mol. The molecule has 110 valence electrons. The molecule has 0 unspecified atom stereocenters. The molecule has 5 nitrogen and oxygen atoms in total. The Balaban J connectivity index is 2.05. The number of nitrogens with one attached hydrogen (secondary N) is 1. The minimum atomic E-state index is 0.689. The summed E-state index contributed by atoms with van der Waals surface area (Å²) < 4.78 is 0. The second-order valence-corrected chi connectivity index (χ2v) is 5.29. The average Bonchev–Trinajstić information content (AvgIpc) is 2.51. The van der Waals surface area contributed by atoms with Crippen LogP contribution in [-0.2, 0) is 0 Å². The number of hydrogen-bond donors (Lipinski definition) is 1. The highest BCUT2D eigenvalue weighted by molar-refractivity contribution is 5.79. The molecule has 1 aliphatic heterocycles. The topological polar surface area (TPSA) is 44.3 Å². The lowest BCUT2D eigenvalue weighted by molar-refractivity contribution is 0.808. The summed E-state index contributed by atoms with van der Waals surface area (Å²) in [5.74, 6) is 1.68. The maximum absolute atomic E-state index is 4.69. The minimum absolute atomic E-state index is 0.689. The second-order valence-electron chi connectivity index (χ2n) is 5.29. The molecule has 0 bridgehead atoms. The molecule has 2 aromatic rings. The maximum Gasteiger partial charge on any atom is 0.224 e. The molecule has 0 amide bonds. The van der Waals surface area contributed by atoms with Crippen LogP contribution in [0.2, 0.25) is 0 Å². The van der Waals surface area contributed by atoms with Crippen LogP contribution in [0.25, 0.3) is 0 Å². The fraction of sp³-hybridized carbons (Fsp3) is 0.375. The molecule has 0 saturated carbocycles. The number of para-hydroxylation sites is 2. The van der Waals surface area contributed by atoms with Crippen molar-refractivity contribution in [3.63, 3.8) is 0 Å². The van der Waals surface area contributed by atoms with Gasteiger partial charge in [-0.25, -0.2) is 4.98 Å². The molecule has 1 N–H and O–H groups in total. The number of benzene rings is 1. The number of hydrogen-bond acceptors (Lipinski definition) is 5. The van der Waals surface area contributed by atoms with Crippen LogP contribution in [0.5, 0.6) is 0 Å². The lowest BCUT2D eigenvalue weighted by Crippen LogP contribution is -2.37. The molecule has 0 saturated heterocycles. The van der Waals surface area contributed by atoms with Crippen LogP contribution < -0.4 is 15.1 Å². The summed E-state index contributed by atoms with van der Waals surface area (Å²) in [7, 11) is 2.13. The first-order valence-electron chi connectivity index (χ1n) is 7.36. The zero-order valence-electron chi connectivity index (χ0n) is 12.8. The molecule has 0 aliphatic carbocycles. The van der Waals surface area contributed by atoms with E-state index in [0.717, 1.165) is 31.0 Å². The van der Waals surface area contributed by atoms with Crippen LogP contribution in [0.1, 0.15) is 12.5 Å². The lowest BCUT2D eigenvalue weighted by atomic mass is 10.1. The molecule has 3 rings (SSSR count). The van der Waals surface area contributed by atoms with Gasteiger partial charge in [0.1, 0.15) is 5.82 Å². The second kappa shape index (κ2) is 5.60. The number of nitrogens with zero attached hydrogens (tertiary/aromatic N) is 4. The van der Waals surface area contributed by atoms with Gasteiger partial charge < -0.3 is 15.1 Å². The standard InChI is InChI=1S/C16H21N5/c1-4-17-16-18-11-12(2)15(19-16)21-10-9-20(3)13-7-5-6-8-14(13)21/h5-8,11H,4,9-10H2,1-3H3,(H,17,18,19). The highest BCUT2D eigenvalue weighted by Crippen LogP contribution is 2.37. The van der Waals surface area contributed by atoms with Gasteiger partial charge in [0.2, 0.25) is 5.95 Å². The first kappa shape index (κ1) is 13.7. The van der Waals surface area contributed by atoms with Crippen LogP contribution >= 0.6 is 0 Å². The molecular formula is C16H21N5. The highest BCUT2D eigenvalue weighted by atomic mass is 15.3. The molecule has 0 spiro atoms. The van der Waals surface area contributed by atoms with Crippen LogP contribution in [-0.4, -0.2) is 36.6 Å². The Morgan fingerprint density at radius 2 is 1.95 bits per heavy atom. The Morgan fingerprint density at radius 1 is 1.19 bits per heavy atom. The Hall–Kier alpha value is -2.30. The van der Waals surface area contributed by atoms with Crippen molar-refractivity contribution in [1.29, 1.82) is 0 Å². The summed E-state index contributed by atoms with van der Waals surface area (Å²) in [6.45, 7) is 6.84. The van der Waals surface area contributed by atoms with Crippen molar-refractivity contribution in [1.82, 2.24) is 9.97 Å². The Bertz CT molecular complexity index is 640. The Kier molecular flexibility index (Phi) is 3.64. The fourth-order valence-electron chi connectivity index (χ4n) is 2.68. The van der Waals surface area contributed by atoms with E-state index in [1.54, 1.807) is 0 Å². The third kappa shape index (κ3) is 2.51. The lowest BCUT2D eigenvalue weighted by Gasteiger charge is -2.36. The Labute approximate surface area is 125 Å². The van der Waals surface area contributed by atoms with E-state index in [4.69, 9.17) is 4.98 Å². The number of anilines is 4. The Morgan fingerprint density at radius 3 is 2.71 bits per heavy atom. The molecule has 1 aromatic carbocycles. The van der Waals surface area contributed by atoms with Crippen LogP contribution in [0.3, 0.4) is 0 Å². The van der Waals surface area contributed by atoms with Gasteiger partial charge in [-0.2, -0.15) is 4.98 Å². The van der Waals surface area contributed by atoms with E-state index >= 15 is 0 Å². The zero-order chi connectivity index (χ0) is 14.8. The van der Waals surface area contributed by atoms with Gasteiger partial charge in [-0.1, -0.05) is 12.1 Å². The van der Waals surface area contributed by atoms with E-state index in [1.807, 2.05) is 13.1 Å².